The fourth-order valence-electron chi connectivity index (χ4n) is 1.49. The lowest BCUT2D eigenvalue weighted by molar-refractivity contribution is -0.140. The molecular weight excluding hydrogens is 268 g/mol. The predicted octanol–water partition coefficient (Wildman–Crippen LogP) is 0.766. The zero-order valence-electron chi connectivity index (χ0n) is 10.9. The zero-order chi connectivity index (χ0) is 14.4. The topological polar surface area (TPSA) is 89.9 Å². The fraction of sp³-hybridized carbons (Fsp3) is 0.500. The number of likely N-dealkylation sites (N-methyl/N-ethyl adjacent to an activating group) is 1. The van der Waals surface area contributed by atoms with E-state index in [0.717, 1.165) is 4.88 Å². The first kappa shape index (κ1) is 15.5. The quantitative estimate of drug-likeness (QED) is 0.720. The van der Waals surface area contributed by atoms with Crippen LogP contribution in [0.1, 0.15) is 11.8 Å². The molecule has 0 aliphatic carbocycles. The lowest BCUT2D eigenvalue weighted by Crippen LogP contribution is -2.50. The molecule has 0 radical (unpaired) electrons. The van der Waals surface area contributed by atoms with Crippen LogP contribution in [0.3, 0.4) is 0 Å². The summed E-state index contributed by atoms with van der Waals surface area (Å²) >= 11 is 1.61. The van der Waals surface area contributed by atoms with Gasteiger partial charge in [-0.25, -0.2) is 9.59 Å². The summed E-state index contributed by atoms with van der Waals surface area (Å²) in [4.78, 5) is 25.1. The van der Waals surface area contributed by atoms with E-state index in [0.29, 0.717) is 6.42 Å². The predicted molar refractivity (Wildman–Crippen MR) is 72.3 cm³/mol. The highest BCUT2D eigenvalue weighted by molar-refractivity contribution is 7.09. The maximum Gasteiger partial charge on any atom is 0.328 e. The highest BCUT2D eigenvalue weighted by atomic mass is 32.1. The van der Waals surface area contributed by atoms with Gasteiger partial charge in [-0.1, -0.05) is 6.07 Å². The van der Waals surface area contributed by atoms with Gasteiger partial charge in [0.15, 0.2) is 6.04 Å². The summed E-state index contributed by atoms with van der Waals surface area (Å²) in [6, 6.07) is 2.08. The summed E-state index contributed by atoms with van der Waals surface area (Å²) < 4.78 is 0. The van der Waals surface area contributed by atoms with Crippen LogP contribution in [-0.2, 0) is 11.2 Å². The van der Waals surface area contributed by atoms with Crippen LogP contribution < -0.4 is 5.32 Å². The molecule has 6 nitrogen and oxygen atoms in total. The second-order valence-electron chi connectivity index (χ2n) is 4.27. The average molecular weight is 286 g/mol. The van der Waals surface area contributed by atoms with Gasteiger partial charge in [0.05, 0.1) is 6.61 Å². The van der Waals surface area contributed by atoms with Crippen LogP contribution in [0, 0.1) is 0 Å². The number of carbonyl (C=O) groups excluding carboxylic acids is 1. The first-order valence-corrected chi connectivity index (χ1v) is 6.73. The van der Waals surface area contributed by atoms with Crippen LogP contribution in [0.5, 0.6) is 0 Å². The van der Waals surface area contributed by atoms with Crippen molar-refractivity contribution in [3.05, 3.63) is 22.4 Å². The molecule has 0 aliphatic rings. The van der Waals surface area contributed by atoms with Gasteiger partial charge in [0.1, 0.15) is 0 Å². The van der Waals surface area contributed by atoms with Crippen molar-refractivity contribution in [3.8, 4) is 0 Å². The minimum atomic E-state index is -1.27. The van der Waals surface area contributed by atoms with Gasteiger partial charge in [0, 0.05) is 24.4 Å². The van der Waals surface area contributed by atoms with E-state index in [1.807, 2.05) is 24.4 Å². The van der Waals surface area contributed by atoms with Gasteiger partial charge in [-0.3, -0.25) is 0 Å². The molecule has 1 aromatic heterocycles. The number of carbonyl (C=O) groups is 2. The minimum absolute atomic E-state index is 0.0632. The Morgan fingerprint density at radius 3 is 2.68 bits per heavy atom. The molecular formula is C12H18N2O4S. The van der Waals surface area contributed by atoms with Crippen molar-refractivity contribution in [1.29, 1.82) is 0 Å². The molecule has 1 rings (SSSR count). The SMILES string of the molecule is CC(Cc1cccs1)N(C)C(=O)N[C@H](CO)C(=O)O. The Balaban J connectivity index is 2.53. The van der Waals surface area contributed by atoms with Crippen molar-refractivity contribution < 1.29 is 19.8 Å². The highest BCUT2D eigenvalue weighted by Crippen LogP contribution is 2.13. The van der Waals surface area contributed by atoms with E-state index in [4.69, 9.17) is 10.2 Å². The summed E-state index contributed by atoms with van der Waals surface area (Å²) in [6.07, 6.45) is 0.707. The number of carboxylic acid groups (broad SMARTS) is 1. The normalized spacial score (nSPS) is 13.6. The van der Waals surface area contributed by atoms with Crippen LogP contribution >= 0.6 is 11.3 Å². The van der Waals surface area contributed by atoms with Crippen LogP contribution in [0.25, 0.3) is 0 Å². The van der Waals surface area contributed by atoms with E-state index in [2.05, 4.69) is 5.32 Å². The number of hydrogen-bond donors (Lipinski definition) is 3. The number of carboxylic acids is 1. The molecule has 106 valence electrons. The molecule has 2 amide bonds. The van der Waals surface area contributed by atoms with Crippen LogP contribution in [-0.4, -0.2) is 52.9 Å². The maximum atomic E-state index is 11.8. The third-order valence-electron chi connectivity index (χ3n) is 2.84. The van der Waals surface area contributed by atoms with E-state index in [9.17, 15) is 9.59 Å². The molecule has 0 bridgehead atoms. The number of thiophene rings is 1. The molecule has 0 spiro atoms. The third kappa shape index (κ3) is 4.53. The molecule has 3 N–H and O–H groups in total. The minimum Gasteiger partial charge on any atom is -0.480 e. The van der Waals surface area contributed by atoms with Crippen molar-refractivity contribution in [3.63, 3.8) is 0 Å². The Morgan fingerprint density at radius 1 is 1.53 bits per heavy atom. The molecule has 1 unspecified atom stereocenters. The summed E-state index contributed by atoms with van der Waals surface area (Å²) in [7, 11) is 1.60. The first-order valence-electron chi connectivity index (χ1n) is 5.85. The van der Waals surface area contributed by atoms with Gasteiger partial charge in [-0.15, -0.1) is 11.3 Å². The van der Waals surface area contributed by atoms with E-state index >= 15 is 0 Å². The largest absolute Gasteiger partial charge is 0.480 e. The van der Waals surface area contributed by atoms with Gasteiger partial charge in [-0.2, -0.15) is 0 Å². The first-order chi connectivity index (χ1) is 8.95. The lowest BCUT2D eigenvalue weighted by atomic mass is 10.2. The van der Waals surface area contributed by atoms with E-state index in [1.54, 1.807) is 18.4 Å². The van der Waals surface area contributed by atoms with Crippen molar-refractivity contribution >= 4 is 23.3 Å². The van der Waals surface area contributed by atoms with E-state index < -0.39 is 24.6 Å². The van der Waals surface area contributed by atoms with Gasteiger partial charge < -0.3 is 20.4 Å². The lowest BCUT2D eigenvalue weighted by Gasteiger charge is -2.26. The van der Waals surface area contributed by atoms with Crippen molar-refractivity contribution in [2.75, 3.05) is 13.7 Å². The standard InChI is InChI=1S/C12H18N2O4S/c1-8(6-9-4-3-5-19-9)14(2)12(18)13-10(7-15)11(16)17/h3-5,8,10,15H,6-7H2,1-2H3,(H,13,18)(H,16,17)/t8?,10-/m1/s1. The highest BCUT2D eigenvalue weighted by Gasteiger charge is 2.23. The molecule has 0 aliphatic heterocycles. The van der Waals surface area contributed by atoms with Crippen LogP contribution in [0.4, 0.5) is 4.79 Å². The third-order valence-corrected chi connectivity index (χ3v) is 3.74. The Hall–Kier alpha value is -1.60. The molecule has 0 fully saturated rings. The number of hydrogen-bond acceptors (Lipinski definition) is 4. The Labute approximate surface area is 115 Å². The van der Waals surface area contributed by atoms with Crippen molar-refractivity contribution in [1.82, 2.24) is 10.2 Å². The van der Waals surface area contributed by atoms with Gasteiger partial charge in [0.2, 0.25) is 0 Å². The molecule has 1 aromatic rings. The number of rotatable bonds is 6. The van der Waals surface area contributed by atoms with Crippen LogP contribution in [0.15, 0.2) is 17.5 Å². The summed E-state index contributed by atoms with van der Waals surface area (Å²) in [6.45, 7) is 1.25. The average Bonchev–Trinajstić information content (AvgIpc) is 2.86. The zero-order valence-corrected chi connectivity index (χ0v) is 11.7. The van der Waals surface area contributed by atoms with Crippen LogP contribution in [0.2, 0.25) is 0 Å². The summed E-state index contributed by atoms with van der Waals surface area (Å²) in [5, 5.41) is 21.9. The van der Waals surface area contributed by atoms with Crippen molar-refractivity contribution in [2.24, 2.45) is 0 Å². The Kier molecular flexibility index (Phi) is 5.78. The molecule has 2 atom stereocenters. The maximum absolute atomic E-state index is 11.8. The number of nitrogens with zero attached hydrogens (tertiary/aromatic N) is 1. The second-order valence-corrected chi connectivity index (χ2v) is 5.30. The number of aliphatic hydroxyl groups is 1. The van der Waals surface area contributed by atoms with E-state index in [-0.39, 0.29) is 6.04 Å². The molecule has 0 saturated heterocycles. The van der Waals surface area contributed by atoms with Gasteiger partial charge in [0.25, 0.3) is 0 Å². The molecule has 7 heteroatoms. The van der Waals surface area contributed by atoms with Crippen molar-refractivity contribution in [2.45, 2.75) is 25.4 Å². The molecule has 19 heavy (non-hydrogen) atoms. The Morgan fingerprint density at radius 2 is 2.21 bits per heavy atom. The molecule has 0 aromatic carbocycles. The smallest absolute Gasteiger partial charge is 0.328 e. The number of nitrogens with one attached hydrogen (secondary N) is 1. The summed E-state index contributed by atoms with van der Waals surface area (Å²) in [5.74, 6) is -1.25. The monoisotopic (exact) mass is 286 g/mol. The van der Waals surface area contributed by atoms with E-state index in [1.165, 1.54) is 4.90 Å². The number of aliphatic hydroxyl groups excluding tert-OH is 1. The molecule has 1 heterocycles. The van der Waals surface area contributed by atoms with Gasteiger partial charge >= 0.3 is 12.0 Å². The number of aliphatic carboxylic acids is 1. The van der Waals surface area contributed by atoms with Gasteiger partial charge in [-0.05, 0) is 18.4 Å². The summed E-state index contributed by atoms with van der Waals surface area (Å²) in [5.41, 5.74) is 0. The number of amides is 2. The Bertz CT molecular complexity index is 421. The fourth-order valence-corrected chi connectivity index (χ4v) is 2.32. The second kappa shape index (κ2) is 7.10. The number of urea groups is 1. The molecule has 0 saturated carbocycles.